The maximum absolute atomic E-state index is 12.5. The lowest BCUT2D eigenvalue weighted by Gasteiger charge is -2.15. The second-order valence-electron chi connectivity index (χ2n) is 5.58. The van der Waals surface area contributed by atoms with E-state index >= 15 is 0 Å². The fraction of sp³-hybridized carbons (Fsp3) is 0.294. The zero-order valence-electron chi connectivity index (χ0n) is 14.7. The summed E-state index contributed by atoms with van der Waals surface area (Å²) in [5.74, 6) is -1.19. The number of nitrogens with one attached hydrogen (secondary N) is 2. The monoisotopic (exact) mass is 376 g/mol. The lowest BCUT2D eigenvalue weighted by atomic mass is 10.2. The molecule has 0 fully saturated rings. The fourth-order valence-electron chi connectivity index (χ4n) is 2.59. The number of esters is 1. The second-order valence-corrected chi connectivity index (χ2v) is 5.58. The minimum Gasteiger partial charge on any atom is -0.466 e. The molecule has 0 saturated heterocycles. The summed E-state index contributed by atoms with van der Waals surface area (Å²) < 4.78 is 4.70. The van der Waals surface area contributed by atoms with Crippen LogP contribution in [0.5, 0.6) is 0 Å². The van der Waals surface area contributed by atoms with Gasteiger partial charge in [0, 0.05) is 24.8 Å². The topological polar surface area (TPSA) is 134 Å². The van der Waals surface area contributed by atoms with E-state index in [2.05, 4.69) is 17.2 Å². The Hall–Kier alpha value is -3.40. The summed E-state index contributed by atoms with van der Waals surface area (Å²) in [6.07, 6.45) is 1.57. The quantitative estimate of drug-likeness (QED) is 0.250. The number of methoxy groups -OCH3 is 1. The molecular formula is C17H20N4O6. The van der Waals surface area contributed by atoms with Crippen LogP contribution >= 0.6 is 0 Å². The van der Waals surface area contributed by atoms with Crippen molar-refractivity contribution >= 4 is 28.9 Å². The number of nitrogens with zero attached hydrogens (tertiary/aromatic N) is 2. The van der Waals surface area contributed by atoms with Gasteiger partial charge in [-0.05, 0) is 12.1 Å². The number of ether oxygens (including phenoxy) is 1. The molecule has 1 aromatic rings. The van der Waals surface area contributed by atoms with Crippen LogP contribution in [0.1, 0.15) is 0 Å². The summed E-state index contributed by atoms with van der Waals surface area (Å²) in [6.45, 7) is 3.66. The number of amides is 1. The van der Waals surface area contributed by atoms with E-state index in [0.29, 0.717) is 12.2 Å². The molecule has 1 amide bonds. The van der Waals surface area contributed by atoms with Gasteiger partial charge >= 0.3 is 5.97 Å². The van der Waals surface area contributed by atoms with Crippen molar-refractivity contribution in [3.63, 3.8) is 0 Å². The number of hydrogen-bond donors (Lipinski definition) is 3. The van der Waals surface area contributed by atoms with E-state index < -0.39 is 16.8 Å². The number of aliphatic hydroxyl groups is 1. The first-order valence-electron chi connectivity index (χ1n) is 8.04. The highest BCUT2D eigenvalue weighted by atomic mass is 16.6. The van der Waals surface area contributed by atoms with Gasteiger partial charge in [-0.15, -0.1) is 6.58 Å². The van der Waals surface area contributed by atoms with E-state index in [0.717, 1.165) is 0 Å². The zero-order valence-corrected chi connectivity index (χ0v) is 14.7. The first-order chi connectivity index (χ1) is 12.9. The second kappa shape index (κ2) is 8.81. The highest BCUT2D eigenvalue weighted by molar-refractivity contribution is 6.08. The summed E-state index contributed by atoms with van der Waals surface area (Å²) in [7, 11) is 1.19. The lowest BCUT2D eigenvalue weighted by molar-refractivity contribution is -0.383. The molecule has 1 aromatic carbocycles. The number of nitro groups is 1. The van der Waals surface area contributed by atoms with Crippen molar-refractivity contribution in [1.82, 2.24) is 4.90 Å². The number of β-amino-alcohol motifs (C(OH)–C–C–N with tert-alkyl or cyclic N) is 1. The summed E-state index contributed by atoms with van der Waals surface area (Å²) >= 11 is 0. The number of hydrogen-bond acceptors (Lipinski definition) is 8. The average molecular weight is 376 g/mol. The standard InChI is InChI=1S/C17H20N4O6/c1-3-6-18-13-5-4-11(9-14(13)21(25)26)19-15-12(17(24)27-2)10-20(7-8-22)16(15)23/h3-5,9,18-19,22H,1,6-8,10H2,2H3. The average Bonchev–Trinajstić information content (AvgIpc) is 2.96. The van der Waals surface area contributed by atoms with Crippen LogP contribution in [-0.2, 0) is 14.3 Å². The first kappa shape index (κ1) is 19.9. The predicted molar refractivity (Wildman–Crippen MR) is 98.1 cm³/mol. The van der Waals surface area contributed by atoms with Crippen LogP contribution in [0.4, 0.5) is 17.1 Å². The minimum atomic E-state index is -0.690. The maximum Gasteiger partial charge on any atom is 0.337 e. The van der Waals surface area contributed by atoms with Crippen LogP contribution in [-0.4, -0.2) is 60.2 Å². The third kappa shape index (κ3) is 4.42. The smallest absolute Gasteiger partial charge is 0.337 e. The van der Waals surface area contributed by atoms with Gasteiger partial charge in [-0.2, -0.15) is 0 Å². The first-order valence-corrected chi connectivity index (χ1v) is 8.04. The van der Waals surface area contributed by atoms with Crippen molar-refractivity contribution in [3.05, 3.63) is 52.2 Å². The Labute approximate surface area is 155 Å². The highest BCUT2D eigenvalue weighted by Gasteiger charge is 2.34. The van der Waals surface area contributed by atoms with E-state index in [9.17, 15) is 19.7 Å². The van der Waals surface area contributed by atoms with Gasteiger partial charge in [0.25, 0.3) is 11.6 Å². The van der Waals surface area contributed by atoms with Gasteiger partial charge in [0.05, 0.1) is 30.8 Å². The number of nitro benzene ring substituents is 1. The molecule has 0 atom stereocenters. The summed E-state index contributed by atoms with van der Waals surface area (Å²) in [4.78, 5) is 36.5. The third-order valence-corrected chi connectivity index (χ3v) is 3.85. The molecule has 1 aliphatic rings. The van der Waals surface area contributed by atoms with E-state index in [1.54, 1.807) is 12.1 Å². The van der Waals surface area contributed by atoms with Gasteiger partial charge in [-0.1, -0.05) is 6.08 Å². The molecule has 0 aromatic heterocycles. The van der Waals surface area contributed by atoms with Gasteiger partial charge in [0.1, 0.15) is 11.4 Å². The molecule has 1 aliphatic heterocycles. The van der Waals surface area contributed by atoms with Gasteiger partial charge in [-0.3, -0.25) is 14.9 Å². The van der Waals surface area contributed by atoms with Crippen molar-refractivity contribution in [1.29, 1.82) is 0 Å². The van der Waals surface area contributed by atoms with Crippen LogP contribution in [0.2, 0.25) is 0 Å². The molecule has 10 nitrogen and oxygen atoms in total. The fourth-order valence-corrected chi connectivity index (χ4v) is 2.59. The molecule has 0 unspecified atom stereocenters. The molecule has 0 bridgehead atoms. The molecule has 144 valence electrons. The molecule has 0 radical (unpaired) electrons. The molecule has 3 N–H and O–H groups in total. The Bertz CT molecular complexity index is 805. The Morgan fingerprint density at radius 3 is 2.85 bits per heavy atom. The molecule has 27 heavy (non-hydrogen) atoms. The SMILES string of the molecule is C=CCNc1ccc(NC2=C(C(=O)OC)CN(CCO)C2=O)cc1[N+](=O)[O-]. The molecule has 10 heteroatoms. The number of anilines is 2. The summed E-state index contributed by atoms with van der Waals surface area (Å²) in [6, 6.07) is 4.30. The number of aliphatic hydroxyl groups excluding tert-OH is 1. The largest absolute Gasteiger partial charge is 0.466 e. The third-order valence-electron chi connectivity index (χ3n) is 3.85. The van der Waals surface area contributed by atoms with Crippen molar-refractivity contribution in [2.24, 2.45) is 0 Å². The molecule has 1 heterocycles. The number of benzene rings is 1. The normalized spacial score (nSPS) is 13.6. The molecule has 2 rings (SSSR count). The lowest BCUT2D eigenvalue weighted by Crippen LogP contribution is -2.31. The molecule has 0 spiro atoms. The van der Waals surface area contributed by atoms with Gasteiger partial charge in [0.15, 0.2) is 0 Å². The Morgan fingerprint density at radius 1 is 1.52 bits per heavy atom. The van der Waals surface area contributed by atoms with Gasteiger partial charge in [0.2, 0.25) is 0 Å². The van der Waals surface area contributed by atoms with E-state index in [1.165, 1.54) is 24.1 Å². The van der Waals surface area contributed by atoms with E-state index in [1.807, 2.05) is 0 Å². The molecule has 0 saturated carbocycles. The van der Waals surface area contributed by atoms with Gasteiger partial charge < -0.3 is 25.4 Å². The summed E-state index contributed by atoms with van der Waals surface area (Å²) in [5.41, 5.74) is 0.428. The minimum absolute atomic E-state index is 0.0184. The zero-order chi connectivity index (χ0) is 20.0. The molecule has 0 aliphatic carbocycles. The predicted octanol–water partition coefficient (Wildman–Crippen LogP) is 0.866. The van der Waals surface area contributed by atoms with Crippen LogP contribution in [0.15, 0.2) is 42.1 Å². The molecular weight excluding hydrogens is 356 g/mol. The summed E-state index contributed by atoms with van der Waals surface area (Å²) in [5, 5.41) is 26.0. The van der Waals surface area contributed by atoms with E-state index in [4.69, 9.17) is 9.84 Å². The van der Waals surface area contributed by atoms with Crippen LogP contribution < -0.4 is 10.6 Å². The van der Waals surface area contributed by atoms with Crippen LogP contribution in [0.25, 0.3) is 0 Å². The number of carbonyl (C=O) groups is 2. The number of rotatable bonds is 9. The van der Waals surface area contributed by atoms with E-state index in [-0.39, 0.29) is 42.3 Å². The van der Waals surface area contributed by atoms with Crippen LogP contribution in [0, 0.1) is 10.1 Å². The Morgan fingerprint density at radius 2 is 2.26 bits per heavy atom. The van der Waals surface area contributed by atoms with Gasteiger partial charge in [-0.25, -0.2) is 4.79 Å². The highest BCUT2D eigenvalue weighted by Crippen LogP contribution is 2.30. The van der Waals surface area contributed by atoms with Crippen molar-refractivity contribution in [3.8, 4) is 0 Å². The van der Waals surface area contributed by atoms with Crippen molar-refractivity contribution in [2.45, 2.75) is 0 Å². The Kier molecular flexibility index (Phi) is 6.50. The van der Waals surface area contributed by atoms with Crippen molar-refractivity contribution in [2.75, 3.05) is 44.0 Å². The van der Waals surface area contributed by atoms with Crippen LogP contribution in [0.3, 0.4) is 0 Å². The van der Waals surface area contributed by atoms with Crippen molar-refractivity contribution < 1.29 is 24.4 Å². The number of carbonyl (C=O) groups excluding carboxylic acids is 2. The maximum atomic E-state index is 12.5. The Balaban J connectivity index is 2.36.